The third-order valence-electron chi connectivity index (χ3n) is 2.89. The van der Waals surface area contributed by atoms with Crippen molar-refractivity contribution in [3.63, 3.8) is 0 Å². The predicted octanol–water partition coefficient (Wildman–Crippen LogP) is 2.76. The van der Waals surface area contributed by atoms with Gasteiger partial charge in [0.05, 0.1) is 0 Å². The molecular formula is C13H17NOS. The largest absolute Gasteiger partial charge is 0.355 e. The zero-order chi connectivity index (χ0) is 11.2. The van der Waals surface area contributed by atoms with E-state index in [1.54, 1.807) is 11.3 Å². The zero-order valence-electron chi connectivity index (χ0n) is 9.32. The molecule has 0 bridgehead atoms. The Morgan fingerprint density at radius 2 is 2.44 bits per heavy atom. The molecule has 1 heterocycles. The van der Waals surface area contributed by atoms with E-state index >= 15 is 0 Å². The SMILES string of the molecule is O=C(NCCc1cccs1)C1CC=CCC1. The lowest BCUT2D eigenvalue weighted by atomic mass is 9.94. The van der Waals surface area contributed by atoms with Gasteiger partial charge >= 0.3 is 0 Å². The van der Waals surface area contributed by atoms with Crippen LogP contribution in [0, 0.1) is 5.92 Å². The minimum absolute atomic E-state index is 0.202. The van der Waals surface area contributed by atoms with Crippen molar-refractivity contribution >= 4 is 17.2 Å². The molecule has 0 saturated carbocycles. The predicted molar refractivity (Wildman–Crippen MR) is 67.5 cm³/mol. The second kappa shape index (κ2) is 5.85. The van der Waals surface area contributed by atoms with Crippen molar-refractivity contribution < 1.29 is 4.79 Å². The van der Waals surface area contributed by atoms with Crippen LogP contribution in [0.2, 0.25) is 0 Å². The summed E-state index contributed by atoms with van der Waals surface area (Å²) < 4.78 is 0. The number of nitrogens with one attached hydrogen (secondary N) is 1. The fourth-order valence-electron chi connectivity index (χ4n) is 1.94. The molecule has 2 rings (SSSR count). The molecule has 0 radical (unpaired) electrons. The van der Waals surface area contributed by atoms with Crippen LogP contribution in [0.5, 0.6) is 0 Å². The Labute approximate surface area is 100 Å². The summed E-state index contributed by atoms with van der Waals surface area (Å²) in [4.78, 5) is 13.1. The number of carbonyl (C=O) groups excluding carboxylic acids is 1. The summed E-state index contributed by atoms with van der Waals surface area (Å²) in [5.74, 6) is 0.425. The molecule has 86 valence electrons. The van der Waals surface area contributed by atoms with Gasteiger partial charge in [-0.2, -0.15) is 0 Å². The summed E-state index contributed by atoms with van der Waals surface area (Å²) in [6, 6.07) is 4.16. The Kier molecular flexibility index (Phi) is 4.17. The lowest BCUT2D eigenvalue weighted by Crippen LogP contribution is -2.32. The first-order valence-electron chi connectivity index (χ1n) is 5.81. The average molecular weight is 235 g/mol. The third-order valence-corrected chi connectivity index (χ3v) is 3.83. The summed E-state index contributed by atoms with van der Waals surface area (Å²) in [5.41, 5.74) is 0. The molecule has 3 heteroatoms. The number of hydrogen-bond acceptors (Lipinski definition) is 2. The summed E-state index contributed by atoms with van der Waals surface area (Å²) in [5, 5.41) is 5.10. The molecule has 0 spiro atoms. The Bertz CT molecular complexity index is 356. The summed E-state index contributed by atoms with van der Waals surface area (Å²) in [6.45, 7) is 0.763. The minimum atomic E-state index is 0.202. The molecule has 1 aromatic rings. The van der Waals surface area contributed by atoms with Gasteiger partial charge in [0.15, 0.2) is 0 Å². The van der Waals surface area contributed by atoms with Crippen LogP contribution in [0.25, 0.3) is 0 Å². The van der Waals surface area contributed by atoms with Crippen LogP contribution in [0.3, 0.4) is 0 Å². The Balaban J connectivity index is 1.69. The fraction of sp³-hybridized carbons (Fsp3) is 0.462. The van der Waals surface area contributed by atoms with Crippen LogP contribution in [-0.2, 0) is 11.2 Å². The molecule has 1 unspecified atom stereocenters. The molecule has 0 fully saturated rings. The molecule has 1 aliphatic carbocycles. The maximum absolute atomic E-state index is 11.8. The van der Waals surface area contributed by atoms with E-state index in [0.29, 0.717) is 0 Å². The van der Waals surface area contributed by atoms with Crippen LogP contribution in [0.4, 0.5) is 0 Å². The van der Waals surface area contributed by atoms with Crippen molar-refractivity contribution in [1.29, 1.82) is 0 Å². The van der Waals surface area contributed by atoms with E-state index in [9.17, 15) is 4.79 Å². The van der Waals surface area contributed by atoms with Crippen molar-refractivity contribution in [2.45, 2.75) is 25.7 Å². The molecule has 1 atom stereocenters. The Morgan fingerprint density at radius 1 is 1.50 bits per heavy atom. The fourth-order valence-corrected chi connectivity index (χ4v) is 2.65. The number of thiophene rings is 1. The van der Waals surface area contributed by atoms with E-state index in [0.717, 1.165) is 32.2 Å². The van der Waals surface area contributed by atoms with Crippen LogP contribution in [0.1, 0.15) is 24.1 Å². The third kappa shape index (κ3) is 3.20. The van der Waals surface area contributed by atoms with Gasteiger partial charge in [0.1, 0.15) is 0 Å². The number of amides is 1. The molecule has 1 amide bonds. The Hall–Kier alpha value is -1.09. The quantitative estimate of drug-likeness (QED) is 0.799. The van der Waals surface area contributed by atoms with Crippen molar-refractivity contribution in [2.75, 3.05) is 6.54 Å². The number of carbonyl (C=O) groups is 1. The average Bonchev–Trinajstić information content (AvgIpc) is 2.83. The van der Waals surface area contributed by atoms with Gasteiger partial charge in [-0.25, -0.2) is 0 Å². The van der Waals surface area contributed by atoms with Crippen LogP contribution >= 0.6 is 11.3 Å². The molecule has 0 aromatic carbocycles. The molecule has 2 nitrogen and oxygen atoms in total. The second-order valence-electron chi connectivity index (χ2n) is 4.10. The van der Waals surface area contributed by atoms with Gasteiger partial charge in [-0.15, -0.1) is 11.3 Å². The summed E-state index contributed by atoms with van der Waals surface area (Å²) in [7, 11) is 0. The van der Waals surface area contributed by atoms with E-state index in [1.165, 1.54) is 4.88 Å². The first-order valence-corrected chi connectivity index (χ1v) is 6.69. The van der Waals surface area contributed by atoms with E-state index < -0.39 is 0 Å². The van der Waals surface area contributed by atoms with Gasteiger partial charge < -0.3 is 5.32 Å². The highest BCUT2D eigenvalue weighted by molar-refractivity contribution is 7.09. The second-order valence-corrected chi connectivity index (χ2v) is 5.13. The Morgan fingerprint density at radius 3 is 3.12 bits per heavy atom. The first kappa shape index (κ1) is 11.4. The highest BCUT2D eigenvalue weighted by Gasteiger charge is 2.17. The topological polar surface area (TPSA) is 29.1 Å². The molecule has 0 aliphatic heterocycles. The van der Waals surface area contributed by atoms with Crippen molar-refractivity contribution in [2.24, 2.45) is 5.92 Å². The summed E-state index contributed by atoms with van der Waals surface area (Å²) in [6.07, 6.45) is 8.18. The van der Waals surface area contributed by atoms with Gasteiger partial charge in [0.25, 0.3) is 0 Å². The van der Waals surface area contributed by atoms with E-state index in [2.05, 4.69) is 28.9 Å². The van der Waals surface area contributed by atoms with Crippen LogP contribution in [0.15, 0.2) is 29.7 Å². The van der Waals surface area contributed by atoms with Crippen LogP contribution in [-0.4, -0.2) is 12.5 Å². The molecule has 1 N–H and O–H groups in total. The van der Waals surface area contributed by atoms with Crippen molar-refractivity contribution in [3.8, 4) is 0 Å². The van der Waals surface area contributed by atoms with Crippen LogP contribution < -0.4 is 5.32 Å². The lowest BCUT2D eigenvalue weighted by Gasteiger charge is -2.16. The number of hydrogen-bond donors (Lipinski definition) is 1. The normalized spacial score (nSPS) is 19.6. The van der Waals surface area contributed by atoms with E-state index in [-0.39, 0.29) is 11.8 Å². The smallest absolute Gasteiger partial charge is 0.223 e. The highest BCUT2D eigenvalue weighted by atomic mass is 32.1. The summed E-state index contributed by atoms with van der Waals surface area (Å²) >= 11 is 1.75. The molecule has 1 aliphatic rings. The van der Waals surface area contributed by atoms with Gasteiger partial charge in [-0.3, -0.25) is 4.79 Å². The maximum Gasteiger partial charge on any atom is 0.223 e. The molecule has 0 saturated heterocycles. The van der Waals surface area contributed by atoms with E-state index in [4.69, 9.17) is 0 Å². The van der Waals surface area contributed by atoms with Gasteiger partial charge in [0, 0.05) is 17.3 Å². The lowest BCUT2D eigenvalue weighted by molar-refractivity contribution is -0.125. The van der Waals surface area contributed by atoms with Gasteiger partial charge in [-0.05, 0) is 37.1 Å². The highest BCUT2D eigenvalue weighted by Crippen LogP contribution is 2.18. The van der Waals surface area contributed by atoms with E-state index in [1.807, 2.05) is 6.07 Å². The molecular weight excluding hydrogens is 218 g/mol. The monoisotopic (exact) mass is 235 g/mol. The zero-order valence-corrected chi connectivity index (χ0v) is 10.1. The van der Waals surface area contributed by atoms with Crippen molar-refractivity contribution in [1.82, 2.24) is 5.32 Å². The number of allylic oxidation sites excluding steroid dienone is 2. The number of rotatable bonds is 4. The maximum atomic E-state index is 11.8. The molecule has 1 aromatic heterocycles. The van der Waals surface area contributed by atoms with Gasteiger partial charge in [0.2, 0.25) is 5.91 Å². The standard InChI is InChI=1S/C13H17NOS/c15-13(11-5-2-1-3-6-11)14-9-8-12-7-4-10-16-12/h1-2,4,7,10-11H,3,5-6,8-9H2,(H,14,15). The molecule has 16 heavy (non-hydrogen) atoms. The van der Waals surface area contributed by atoms with Crippen molar-refractivity contribution in [3.05, 3.63) is 34.5 Å². The van der Waals surface area contributed by atoms with Gasteiger partial charge in [-0.1, -0.05) is 18.2 Å². The first-order chi connectivity index (χ1) is 7.86. The minimum Gasteiger partial charge on any atom is -0.355 e.